The maximum Gasteiger partial charge on any atom is 0.359 e. The van der Waals surface area contributed by atoms with Crippen molar-refractivity contribution in [2.24, 2.45) is 0 Å². The van der Waals surface area contributed by atoms with E-state index in [1.54, 1.807) is 0 Å². The monoisotopic (exact) mass is 251 g/mol. The average Bonchev–Trinajstić information content (AvgIpc) is 2.46. The van der Waals surface area contributed by atoms with Gasteiger partial charge in [0.05, 0.1) is 6.61 Å². The Kier molecular flexibility index (Phi) is 2.45. The molecule has 0 aromatic heterocycles. The molecule has 3 rings (SSSR count). The fourth-order valence-electron chi connectivity index (χ4n) is 2.44. The van der Waals surface area contributed by atoms with Crippen LogP contribution in [0.2, 0.25) is 0 Å². The second-order valence-corrected chi connectivity index (χ2v) is 5.59. The molecule has 0 bridgehead atoms. The predicted octanol–water partition coefficient (Wildman–Crippen LogP) is 1.60. The van der Waals surface area contributed by atoms with Crippen molar-refractivity contribution in [1.82, 2.24) is 4.72 Å². The third-order valence-electron chi connectivity index (χ3n) is 3.19. The topological polar surface area (TPSA) is 55.4 Å². The van der Waals surface area contributed by atoms with Gasteiger partial charge in [0, 0.05) is 5.70 Å². The minimum Gasteiger partial charge on any atom is -0.264 e. The van der Waals surface area contributed by atoms with Gasteiger partial charge < -0.3 is 0 Å². The summed E-state index contributed by atoms with van der Waals surface area (Å²) in [7, 11) is -3.60. The van der Waals surface area contributed by atoms with Gasteiger partial charge in [0.25, 0.3) is 0 Å². The predicted molar refractivity (Wildman–Crippen MR) is 64.3 cm³/mol. The summed E-state index contributed by atoms with van der Waals surface area (Å²) in [5, 5.41) is 0. The smallest absolute Gasteiger partial charge is 0.264 e. The van der Waals surface area contributed by atoms with E-state index in [1.165, 1.54) is 5.56 Å². The van der Waals surface area contributed by atoms with Gasteiger partial charge in [-0.05, 0) is 36.0 Å². The molecule has 1 aromatic rings. The molecule has 0 amide bonds. The van der Waals surface area contributed by atoms with Crippen LogP contribution in [0.4, 0.5) is 0 Å². The summed E-state index contributed by atoms with van der Waals surface area (Å²) >= 11 is 0. The van der Waals surface area contributed by atoms with Gasteiger partial charge in [-0.15, -0.1) is 0 Å². The van der Waals surface area contributed by atoms with Crippen LogP contribution < -0.4 is 4.72 Å². The SMILES string of the molecule is O=S1(=O)NC2=C(CCO1)c1ccccc1CC2. The Labute approximate surface area is 101 Å². The van der Waals surface area contributed by atoms with Crippen LogP contribution in [0.15, 0.2) is 30.0 Å². The van der Waals surface area contributed by atoms with E-state index < -0.39 is 10.3 Å². The summed E-state index contributed by atoms with van der Waals surface area (Å²) in [4.78, 5) is 0. The van der Waals surface area contributed by atoms with E-state index in [0.29, 0.717) is 6.42 Å². The zero-order valence-corrected chi connectivity index (χ0v) is 10.1. The van der Waals surface area contributed by atoms with E-state index in [9.17, 15) is 8.42 Å². The highest BCUT2D eigenvalue weighted by atomic mass is 32.2. The Hall–Kier alpha value is -1.33. The molecule has 1 aromatic carbocycles. The molecule has 0 unspecified atom stereocenters. The molecule has 1 heterocycles. The van der Waals surface area contributed by atoms with Crippen LogP contribution in [0.1, 0.15) is 24.0 Å². The van der Waals surface area contributed by atoms with E-state index in [2.05, 4.69) is 10.8 Å². The first-order valence-corrected chi connectivity index (χ1v) is 7.04. The number of fused-ring (bicyclic) bond motifs is 2. The fourth-order valence-corrected chi connectivity index (χ4v) is 3.33. The molecular formula is C12H13NO3S. The van der Waals surface area contributed by atoms with Gasteiger partial charge in [0.15, 0.2) is 0 Å². The molecule has 17 heavy (non-hydrogen) atoms. The van der Waals surface area contributed by atoms with Gasteiger partial charge in [-0.2, -0.15) is 8.42 Å². The molecule has 1 aliphatic heterocycles. The molecule has 0 atom stereocenters. The molecule has 1 N–H and O–H groups in total. The number of rotatable bonds is 0. The van der Waals surface area contributed by atoms with Gasteiger partial charge in [-0.1, -0.05) is 24.3 Å². The molecule has 0 saturated heterocycles. The molecule has 5 heteroatoms. The minimum atomic E-state index is -3.60. The lowest BCUT2D eigenvalue weighted by Crippen LogP contribution is -2.25. The Morgan fingerprint density at radius 3 is 2.82 bits per heavy atom. The number of hydrogen-bond acceptors (Lipinski definition) is 3. The van der Waals surface area contributed by atoms with Crippen LogP contribution >= 0.6 is 0 Å². The molecule has 0 fully saturated rings. The van der Waals surface area contributed by atoms with Crippen molar-refractivity contribution in [2.45, 2.75) is 19.3 Å². The Balaban J connectivity index is 2.11. The zero-order chi connectivity index (χ0) is 11.9. The highest BCUT2D eigenvalue weighted by molar-refractivity contribution is 7.84. The minimum absolute atomic E-state index is 0.211. The fraction of sp³-hybridized carbons (Fsp3) is 0.333. The van der Waals surface area contributed by atoms with Gasteiger partial charge in [-0.25, -0.2) is 0 Å². The second-order valence-electron chi connectivity index (χ2n) is 4.24. The number of hydrogen-bond donors (Lipinski definition) is 1. The van der Waals surface area contributed by atoms with Crippen LogP contribution in [-0.2, 0) is 20.9 Å². The second kappa shape index (κ2) is 3.85. The van der Waals surface area contributed by atoms with Crippen molar-refractivity contribution in [3.05, 3.63) is 41.1 Å². The first-order chi connectivity index (χ1) is 8.16. The molecule has 0 saturated carbocycles. The maximum atomic E-state index is 11.5. The molecule has 0 spiro atoms. The summed E-state index contributed by atoms with van der Waals surface area (Å²) < 4.78 is 30.3. The zero-order valence-electron chi connectivity index (χ0n) is 9.27. The molecular weight excluding hydrogens is 238 g/mol. The Morgan fingerprint density at radius 2 is 1.94 bits per heavy atom. The standard InChI is InChI=1S/C12H13NO3S/c14-17(15)13-12-6-5-9-3-1-2-4-10(9)11(12)7-8-16-17/h1-4,13H,5-8H2. The van der Waals surface area contributed by atoms with Crippen molar-refractivity contribution in [3.63, 3.8) is 0 Å². The van der Waals surface area contributed by atoms with Crippen LogP contribution in [-0.4, -0.2) is 15.0 Å². The van der Waals surface area contributed by atoms with Crippen molar-refractivity contribution in [3.8, 4) is 0 Å². The van der Waals surface area contributed by atoms with Crippen molar-refractivity contribution in [2.75, 3.05) is 6.61 Å². The third kappa shape index (κ3) is 1.96. The number of aryl methyl sites for hydroxylation is 1. The Morgan fingerprint density at radius 1 is 1.12 bits per heavy atom. The van der Waals surface area contributed by atoms with Crippen LogP contribution in [0.3, 0.4) is 0 Å². The van der Waals surface area contributed by atoms with Gasteiger partial charge >= 0.3 is 10.3 Å². The van der Waals surface area contributed by atoms with Gasteiger partial charge in [0.1, 0.15) is 0 Å². The van der Waals surface area contributed by atoms with Gasteiger partial charge in [0.2, 0.25) is 0 Å². The van der Waals surface area contributed by atoms with E-state index >= 15 is 0 Å². The van der Waals surface area contributed by atoms with Crippen LogP contribution in [0.5, 0.6) is 0 Å². The quantitative estimate of drug-likeness (QED) is 0.762. The molecule has 2 aliphatic rings. The first-order valence-electron chi connectivity index (χ1n) is 5.63. The van der Waals surface area contributed by atoms with Crippen molar-refractivity contribution < 1.29 is 12.6 Å². The normalized spacial score (nSPS) is 22.1. The highest BCUT2D eigenvalue weighted by Gasteiger charge is 2.25. The largest absolute Gasteiger partial charge is 0.359 e. The van der Waals surface area contributed by atoms with E-state index in [4.69, 9.17) is 4.18 Å². The Bertz CT molecular complexity index is 590. The van der Waals surface area contributed by atoms with Crippen molar-refractivity contribution in [1.29, 1.82) is 0 Å². The summed E-state index contributed by atoms with van der Waals surface area (Å²) in [6, 6.07) is 8.14. The van der Waals surface area contributed by atoms with E-state index in [1.807, 2.05) is 18.2 Å². The lowest BCUT2D eigenvalue weighted by Gasteiger charge is -2.21. The molecule has 90 valence electrons. The molecule has 1 aliphatic carbocycles. The van der Waals surface area contributed by atoms with Gasteiger partial charge in [-0.3, -0.25) is 8.91 Å². The lowest BCUT2D eigenvalue weighted by atomic mass is 9.87. The highest BCUT2D eigenvalue weighted by Crippen LogP contribution is 2.33. The number of benzene rings is 1. The lowest BCUT2D eigenvalue weighted by molar-refractivity contribution is 0.325. The summed E-state index contributed by atoms with van der Waals surface area (Å²) in [6.45, 7) is 0.211. The van der Waals surface area contributed by atoms with E-state index in [0.717, 1.165) is 29.7 Å². The summed E-state index contributed by atoms with van der Waals surface area (Å²) in [6.07, 6.45) is 2.24. The van der Waals surface area contributed by atoms with E-state index in [-0.39, 0.29) is 6.61 Å². The number of allylic oxidation sites excluding steroid dienone is 1. The summed E-state index contributed by atoms with van der Waals surface area (Å²) in [5.74, 6) is 0. The summed E-state index contributed by atoms with van der Waals surface area (Å²) in [5.41, 5.74) is 4.31. The van der Waals surface area contributed by atoms with Crippen molar-refractivity contribution >= 4 is 15.9 Å². The maximum absolute atomic E-state index is 11.5. The van der Waals surface area contributed by atoms with Crippen LogP contribution in [0, 0.1) is 0 Å². The number of nitrogens with one attached hydrogen (secondary N) is 1. The molecule has 4 nitrogen and oxygen atoms in total. The average molecular weight is 251 g/mol. The first kappa shape index (κ1) is 10.8. The molecule has 0 radical (unpaired) electrons. The third-order valence-corrected chi connectivity index (χ3v) is 4.16. The van der Waals surface area contributed by atoms with Crippen LogP contribution in [0.25, 0.3) is 5.57 Å².